The van der Waals surface area contributed by atoms with Gasteiger partial charge in [0, 0.05) is 18.3 Å². The van der Waals surface area contributed by atoms with Crippen molar-refractivity contribution in [2.75, 3.05) is 16.8 Å². The van der Waals surface area contributed by atoms with E-state index in [4.69, 9.17) is 0 Å². The van der Waals surface area contributed by atoms with Crippen LogP contribution in [0.4, 0.5) is 11.8 Å². The van der Waals surface area contributed by atoms with E-state index in [1.807, 2.05) is 55.5 Å². The molecule has 0 unspecified atom stereocenters. The zero-order chi connectivity index (χ0) is 18.4. The number of hydrogen-bond acceptors (Lipinski definition) is 4. The van der Waals surface area contributed by atoms with Crippen LogP contribution in [0.1, 0.15) is 35.8 Å². The van der Waals surface area contributed by atoms with E-state index >= 15 is 0 Å². The molecule has 132 valence electrons. The average molecular weight is 346 g/mol. The summed E-state index contributed by atoms with van der Waals surface area (Å²) in [4.78, 5) is 23.3. The maximum absolute atomic E-state index is 12.8. The van der Waals surface area contributed by atoms with Gasteiger partial charge in [-0.3, -0.25) is 9.69 Å². The number of nitrogens with one attached hydrogen (secondary N) is 1. The van der Waals surface area contributed by atoms with Crippen molar-refractivity contribution in [3.8, 4) is 0 Å². The highest BCUT2D eigenvalue weighted by molar-refractivity contribution is 6.05. The molecule has 0 aliphatic rings. The summed E-state index contributed by atoms with van der Waals surface area (Å²) >= 11 is 0. The molecule has 0 aliphatic heterocycles. The highest BCUT2D eigenvalue weighted by Gasteiger charge is 2.18. The Bertz CT molecular complexity index is 852. The second-order valence-electron chi connectivity index (χ2n) is 5.93. The topological polar surface area (TPSA) is 58.1 Å². The van der Waals surface area contributed by atoms with Crippen molar-refractivity contribution in [1.29, 1.82) is 0 Å². The van der Waals surface area contributed by atoms with Gasteiger partial charge in [-0.15, -0.1) is 0 Å². The standard InChI is InChI=1S/C21H22N4O/c1-3-25(20(26)18-12-8-5-9-13-18)19-14-15-22-21(24-19)23-16(2)17-10-6-4-7-11-17/h4-16H,3H2,1-2H3,(H,22,23,24)/t16-/m0/s1. The highest BCUT2D eigenvalue weighted by Crippen LogP contribution is 2.19. The number of carbonyl (C=O) groups excluding carboxylic acids is 1. The number of anilines is 2. The van der Waals surface area contributed by atoms with Crippen molar-refractivity contribution in [3.05, 3.63) is 84.1 Å². The van der Waals surface area contributed by atoms with Crippen LogP contribution in [0.25, 0.3) is 0 Å². The monoisotopic (exact) mass is 346 g/mol. The van der Waals surface area contributed by atoms with Crippen molar-refractivity contribution < 1.29 is 4.79 Å². The smallest absolute Gasteiger partial charge is 0.259 e. The number of benzene rings is 2. The van der Waals surface area contributed by atoms with Gasteiger partial charge in [-0.05, 0) is 37.6 Å². The van der Waals surface area contributed by atoms with Gasteiger partial charge in [-0.1, -0.05) is 48.5 Å². The van der Waals surface area contributed by atoms with Gasteiger partial charge in [-0.25, -0.2) is 4.98 Å². The molecule has 1 atom stereocenters. The van der Waals surface area contributed by atoms with Gasteiger partial charge in [0.1, 0.15) is 5.82 Å². The lowest BCUT2D eigenvalue weighted by Gasteiger charge is -2.21. The van der Waals surface area contributed by atoms with E-state index in [1.165, 1.54) is 0 Å². The SMILES string of the molecule is CCN(C(=O)c1ccccc1)c1ccnc(N[C@@H](C)c2ccccc2)n1. The first-order valence-corrected chi connectivity index (χ1v) is 8.70. The summed E-state index contributed by atoms with van der Waals surface area (Å²) in [5, 5.41) is 3.30. The number of hydrogen-bond donors (Lipinski definition) is 1. The van der Waals surface area contributed by atoms with Crippen LogP contribution >= 0.6 is 0 Å². The molecule has 1 heterocycles. The van der Waals surface area contributed by atoms with E-state index in [0.717, 1.165) is 5.56 Å². The number of amides is 1. The quantitative estimate of drug-likeness (QED) is 0.722. The van der Waals surface area contributed by atoms with Crippen molar-refractivity contribution in [3.63, 3.8) is 0 Å². The molecule has 1 N–H and O–H groups in total. The zero-order valence-electron chi connectivity index (χ0n) is 15.0. The largest absolute Gasteiger partial charge is 0.348 e. The molecular weight excluding hydrogens is 324 g/mol. The van der Waals surface area contributed by atoms with Gasteiger partial charge in [0.15, 0.2) is 0 Å². The molecule has 1 amide bonds. The van der Waals surface area contributed by atoms with Gasteiger partial charge in [0.25, 0.3) is 5.91 Å². The molecule has 0 saturated carbocycles. The van der Waals surface area contributed by atoms with Crippen LogP contribution < -0.4 is 10.2 Å². The minimum atomic E-state index is -0.0751. The molecule has 0 spiro atoms. The molecule has 2 aromatic carbocycles. The van der Waals surface area contributed by atoms with Crippen molar-refractivity contribution in [1.82, 2.24) is 9.97 Å². The molecule has 0 aliphatic carbocycles. The molecule has 1 aromatic heterocycles. The molecule has 0 fully saturated rings. The molecule has 0 saturated heterocycles. The second kappa shape index (κ2) is 8.25. The number of rotatable bonds is 6. The van der Waals surface area contributed by atoms with E-state index in [9.17, 15) is 4.79 Å². The molecule has 5 heteroatoms. The third kappa shape index (κ3) is 4.06. The third-order valence-corrected chi connectivity index (χ3v) is 4.14. The maximum atomic E-state index is 12.8. The second-order valence-corrected chi connectivity index (χ2v) is 5.93. The molecule has 3 rings (SSSR count). The molecule has 5 nitrogen and oxygen atoms in total. The van der Waals surface area contributed by atoms with Crippen LogP contribution in [0.2, 0.25) is 0 Å². The number of nitrogens with zero attached hydrogens (tertiary/aromatic N) is 3. The molecule has 0 bridgehead atoms. The van der Waals surface area contributed by atoms with Crippen LogP contribution in [0.3, 0.4) is 0 Å². The van der Waals surface area contributed by atoms with Gasteiger partial charge >= 0.3 is 0 Å². The fourth-order valence-electron chi connectivity index (χ4n) is 2.73. The fraction of sp³-hybridized carbons (Fsp3) is 0.190. The lowest BCUT2D eigenvalue weighted by molar-refractivity contribution is 0.0987. The van der Waals surface area contributed by atoms with Crippen LogP contribution in [0.5, 0.6) is 0 Å². The lowest BCUT2D eigenvalue weighted by atomic mass is 10.1. The lowest BCUT2D eigenvalue weighted by Crippen LogP contribution is -2.31. The first kappa shape index (κ1) is 17.6. The predicted octanol–water partition coefficient (Wildman–Crippen LogP) is 4.32. The maximum Gasteiger partial charge on any atom is 0.259 e. The first-order valence-electron chi connectivity index (χ1n) is 8.70. The Hall–Kier alpha value is -3.21. The van der Waals surface area contributed by atoms with Crippen LogP contribution in [-0.2, 0) is 0 Å². The summed E-state index contributed by atoms with van der Waals surface area (Å²) in [6.07, 6.45) is 1.67. The zero-order valence-corrected chi connectivity index (χ0v) is 15.0. The molecule has 26 heavy (non-hydrogen) atoms. The predicted molar refractivity (Wildman–Crippen MR) is 104 cm³/mol. The Labute approximate surface area is 153 Å². The fourth-order valence-corrected chi connectivity index (χ4v) is 2.73. The summed E-state index contributed by atoms with van der Waals surface area (Å²) < 4.78 is 0. The molecule has 0 radical (unpaired) electrons. The molecule has 3 aromatic rings. The summed E-state index contributed by atoms with van der Waals surface area (Å²) in [7, 11) is 0. The van der Waals surface area contributed by atoms with Crippen LogP contribution in [0, 0.1) is 0 Å². The Morgan fingerprint density at radius 1 is 1.04 bits per heavy atom. The van der Waals surface area contributed by atoms with Crippen molar-refractivity contribution >= 4 is 17.7 Å². The van der Waals surface area contributed by atoms with Crippen molar-refractivity contribution in [2.45, 2.75) is 19.9 Å². The van der Waals surface area contributed by atoms with E-state index in [0.29, 0.717) is 23.9 Å². The Morgan fingerprint density at radius 3 is 2.35 bits per heavy atom. The van der Waals surface area contributed by atoms with Crippen molar-refractivity contribution in [2.24, 2.45) is 0 Å². The Balaban J connectivity index is 1.80. The van der Waals surface area contributed by atoms with Gasteiger partial charge in [0.05, 0.1) is 6.04 Å². The molecular formula is C21H22N4O. The van der Waals surface area contributed by atoms with Crippen LogP contribution in [-0.4, -0.2) is 22.4 Å². The number of aromatic nitrogens is 2. The van der Waals surface area contributed by atoms with Gasteiger partial charge in [-0.2, -0.15) is 4.98 Å². The van der Waals surface area contributed by atoms with E-state index < -0.39 is 0 Å². The third-order valence-electron chi connectivity index (χ3n) is 4.14. The van der Waals surface area contributed by atoms with Gasteiger partial charge < -0.3 is 5.32 Å². The Morgan fingerprint density at radius 2 is 1.69 bits per heavy atom. The average Bonchev–Trinajstić information content (AvgIpc) is 2.70. The summed E-state index contributed by atoms with van der Waals surface area (Å²) in [5.41, 5.74) is 1.79. The minimum absolute atomic E-state index is 0.0614. The highest BCUT2D eigenvalue weighted by atomic mass is 16.2. The normalized spacial score (nSPS) is 11.6. The van der Waals surface area contributed by atoms with Gasteiger partial charge in [0.2, 0.25) is 5.95 Å². The summed E-state index contributed by atoms with van der Waals surface area (Å²) in [5.74, 6) is 1.01. The summed E-state index contributed by atoms with van der Waals surface area (Å²) in [6.45, 7) is 4.51. The summed E-state index contributed by atoms with van der Waals surface area (Å²) in [6, 6.07) is 21.1. The first-order chi connectivity index (χ1) is 12.7. The van der Waals surface area contributed by atoms with Crippen LogP contribution in [0.15, 0.2) is 72.9 Å². The minimum Gasteiger partial charge on any atom is -0.348 e. The van der Waals surface area contributed by atoms with E-state index in [2.05, 4.69) is 34.3 Å². The number of carbonyl (C=O) groups is 1. The van der Waals surface area contributed by atoms with E-state index in [1.54, 1.807) is 17.2 Å². The van der Waals surface area contributed by atoms with E-state index in [-0.39, 0.29) is 11.9 Å². The Kier molecular flexibility index (Phi) is 5.59.